The minimum Gasteiger partial charge on any atom is -0.497 e. The number of hydrogen-bond acceptors (Lipinski definition) is 3. The lowest BCUT2D eigenvalue weighted by Gasteiger charge is -2.27. The monoisotopic (exact) mass is 275 g/mol. The van der Waals surface area contributed by atoms with Crippen molar-refractivity contribution in [2.75, 3.05) is 19.0 Å². The molecule has 1 aliphatic rings. The molecule has 1 N–H and O–H groups in total. The Morgan fingerprint density at radius 1 is 1.21 bits per heavy atom. The number of nitrogens with one attached hydrogen (secondary N) is 1. The van der Waals surface area contributed by atoms with Gasteiger partial charge in [0.2, 0.25) is 0 Å². The zero-order valence-electron chi connectivity index (χ0n) is 10.5. The summed E-state index contributed by atoms with van der Waals surface area (Å²) in [5, 5.41) is 4.03. The maximum atomic E-state index is 5.99. The van der Waals surface area contributed by atoms with Crippen LogP contribution in [0.4, 0.5) is 5.69 Å². The average Bonchev–Trinajstić information content (AvgIpc) is 2.46. The molecule has 3 nitrogen and oxygen atoms in total. The fourth-order valence-corrected chi connectivity index (χ4v) is 2.30. The Bertz CT molecular complexity index is 583. The maximum absolute atomic E-state index is 5.99. The van der Waals surface area contributed by atoms with E-state index in [1.165, 1.54) is 0 Å². The highest BCUT2D eigenvalue weighted by atomic mass is 35.5. The van der Waals surface area contributed by atoms with Gasteiger partial charge in [0.25, 0.3) is 0 Å². The lowest BCUT2D eigenvalue weighted by molar-refractivity contribution is 0.210. The van der Waals surface area contributed by atoms with Gasteiger partial charge in [-0.1, -0.05) is 23.7 Å². The molecule has 0 saturated carbocycles. The standard InChI is InChI=1S/C15H14ClNO2/c1-18-12-5-2-10(3-6-12)15-9-17-13-7-4-11(16)8-14(13)19-15/h2-8,15,17H,9H2,1H3. The minimum absolute atomic E-state index is 0.0168. The molecule has 0 bridgehead atoms. The van der Waals surface area contributed by atoms with Gasteiger partial charge in [-0.25, -0.2) is 0 Å². The number of anilines is 1. The number of ether oxygens (including phenoxy) is 2. The summed E-state index contributed by atoms with van der Waals surface area (Å²) >= 11 is 5.99. The first kappa shape index (κ1) is 12.2. The highest BCUT2D eigenvalue weighted by Crippen LogP contribution is 2.36. The van der Waals surface area contributed by atoms with Crippen molar-refractivity contribution in [3.05, 3.63) is 53.1 Å². The SMILES string of the molecule is COc1ccc(C2CNc3ccc(Cl)cc3O2)cc1. The molecule has 0 aliphatic carbocycles. The Labute approximate surface area is 117 Å². The van der Waals surface area contributed by atoms with Crippen molar-refractivity contribution in [2.45, 2.75) is 6.10 Å². The largest absolute Gasteiger partial charge is 0.497 e. The molecule has 3 rings (SSSR count). The number of fused-ring (bicyclic) bond motifs is 1. The van der Waals surface area contributed by atoms with Crippen LogP contribution < -0.4 is 14.8 Å². The molecule has 4 heteroatoms. The smallest absolute Gasteiger partial charge is 0.144 e. The zero-order valence-corrected chi connectivity index (χ0v) is 11.3. The summed E-state index contributed by atoms with van der Waals surface area (Å²) in [6.07, 6.45) is -0.0168. The fraction of sp³-hybridized carbons (Fsp3) is 0.200. The molecule has 98 valence electrons. The Balaban J connectivity index is 1.84. The van der Waals surface area contributed by atoms with Crippen molar-refractivity contribution in [3.63, 3.8) is 0 Å². The average molecular weight is 276 g/mol. The Morgan fingerprint density at radius 3 is 2.74 bits per heavy atom. The predicted octanol–water partition coefficient (Wildman–Crippen LogP) is 3.89. The van der Waals surface area contributed by atoms with E-state index in [4.69, 9.17) is 21.1 Å². The molecule has 0 spiro atoms. The quantitative estimate of drug-likeness (QED) is 0.902. The highest BCUT2D eigenvalue weighted by Gasteiger charge is 2.20. The van der Waals surface area contributed by atoms with E-state index in [0.29, 0.717) is 5.02 Å². The van der Waals surface area contributed by atoms with Crippen LogP contribution in [0.25, 0.3) is 0 Å². The predicted molar refractivity (Wildman–Crippen MR) is 76.3 cm³/mol. The second-order valence-corrected chi connectivity index (χ2v) is 4.84. The third-order valence-corrected chi connectivity index (χ3v) is 3.41. The van der Waals surface area contributed by atoms with Gasteiger partial charge >= 0.3 is 0 Å². The van der Waals surface area contributed by atoms with Crippen LogP contribution in [0.5, 0.6) is 11.5 Å². The molecule has 0 amide bonds. The van der Waals surface area contributed by atoms with Crippen molar-refractivity contribution in [2.24, 2.45) is 0 Å². The molecular weight excluding hydrogens is 262 g/mol. The van der Waals surface area contributed by atoms with Crippen LogP contribution in [-0.4, -0.2) is 13.7 Å². The van der Waals surface area contributed by atoms with E-state index < -0.39 is 0 Å². The molecule has 0 saturated heterocycles. The minimum atomic E-state index is -0.0168. The molecule has 19 heavy (non-hydrogen) atoms. The van der Waals surface area contributed by atoms with Gasteiger partial charge in [-0.3, -0.25) is 0 Å². The van der Waals surface area contributed by atoms with E-state index in [0.717, 1.165) is 29.3 Å². The lowest BCUT2D eigenvalue weighted by Crippen LogP contribution is -2.23. The summed E-state index contributed by atoms with van der Waals surface area (Å²) in [5.41, 5.74) is 2.09. The van der Waals surface area contributed by atoms with E-state index in [1.807, 2.05) is 42.5 Å². The molecule has 0 radical (unpaired) electrons. The molecule has 0 fully saturated rings. The van der Waals surface area contributed by atoms with Crippen LogP contribution in [-0.2, 0) is 0 Å². The Hall–Kier alpha value is -1.87. The Morgan fingerprint density at radius 2 is 2.00 bits per heavy atom. The summed E-state index contributed by atoms with van der Waals surface area (Å²) in [6.45, 7) is 0.737. The summed E-state index contributed by atoms with van der Waals surface area (Å²) in [4.78, 5) is 0. The first-order chi connectivity index (χ1) is 9.26. The molecular formula is C15H14ClNO2. The second kappa shape index (κ2) is 5.02. The van der Waals surface area contributed by atoms with Crippen LogP contribution in [0, 0.1) is 0 Å². The molecule has 1 aliphatic heterocycles. The third-order valence-electron chi connectivity index (χ3n) is 3.18. The van der Waals surface area contributed by atoms with E-state index >= 15 is 0 Å². The van der Waals surface area contributed by atoms with Crippen LogP contribution >= 0.6 is 11.6 Å². The molecule has 0 aromatic heterocycles. The molecule has 1 unspecified atom stereocenters. The van der Waals surface area contributed by atoms with Crippen LogP contribution in [0.3, 0.4) is 0 Å². The summed E-state index contributed by atoms with van der Waals surface area (Å²) in [5.74, 6) is 1.63. The normalized spacial score (nSPS) is 17.1. The highest BCUT2D eigenvalue weighted by molar-refractivity contribution is 6.30. The molecule has 2 aromatic rings. The van der Waals surface area contributed by atoms with Gasteiger partial charge in [0.1, 0.15) is 17.6 Å². The van der Waals surface area contributed by atoms with Crippen molar-refractivity contribution in [3.8, 4) is 11.5 Å². The molecule has 1 heterocycles. The fourth-order valence-electron chi connectivity index (χ4n) is 2.14. The number of benzene rings is 2. The lowest BCUT2D eigenvalue weighted by atomic mass is 10.1. The molecule has 2 aromatic carbocycles. The van der Waals surface area contributed by atoms with E-state index in [1.54, 1.807) is 7.11 Å². The van der Waals surface area contributed by atoms with Gasteiger partial charge < -0.3 is 14.8 Å². The van der Waals surface area contributed by atoms with Crippen LogP contribution in [0.1, 0.15) is 11.7 Å². The topological polar surface area (TPSA) is 30.5 Å². The Kier molecular flexibility index (Phi) is 3.22. The van der Waals surface area contributed by atoms with Crippen molar-refractivity contribution in [1.82, 2.24) is 0 Å². The zero-order chi connectivity index (χ0) is 13.2. The van der Waals surface area contributed by atoms with Crippen LogP contribution in [0.15, 0.2) is 42.5 Å². The summed E-state index contributed by atoms with van der Waals surface area (Å²) < 4.78 is 11.1. The van der Waals surface area contributed by atoms with Gasteiger partial charge in [0.15, 0.2) is 0 Å². The van der Waals surface area contributed by atoms with Crippen molar-refractivity contribution in [1.29, 1.82) is 0 Å². The van der Waals surface area contributed by atoms with Crippen molar-refractivity contribution < 1.29 is 9.47 Å². The van der Waals surface area contributed by atoms with Crippen molar-refractivity contribution >= 4 is 17.3 Å². The van der Waals surface area contributed by atoms with E-state index in [-0.39, 0.29) is 6.10 Å². The van der Waals surface area contributed by atoms with Gasteiger partial charge in [-0.2, -0.15) is 0 Å². The van der Waals surface area contributed by atoms with Gasteiger partial charge in [0, 0.05) is 11.1 Å². The van der Waals surface area contributed by atoms with E-state index in [2.05, 4.69) is 5.32 Å². The summed E-state index contributed by atoms with van der Waals surface area (Å²) in [6, 6.07) is 13.5. The maximum Gasteiger partial charge on any atom is 0.144 e. The third kappa shape index (κ3) is 2.47. The van der Waals surface area contributed by atoms with Gasteiger partial charge in [-0.05, 0) is 29.8 Å². The molecule has 1 atom stereocenters. The van der Waals surface area contributed by atoms with Gasteiger partial charge in [0.05, 0.1) is 19.3 Å². The van der Waals surface area contributed by atoms with Gasteiger partial charge in [-0.15, -0.1) is 0 Å². The van der Waals surface area contributed by atoms with Crippen LogP contribution in [0.2, 0.25) is 5.02 Å². The number of methoxy groups -OCH3 is 1. The van der Waals surface area contributed by atoms with E-state index in [9.17, 15) is 0 Å². The first-order valence-corrected chi connectivity index (χ1v) is 6.48. The first-order valence-electron chi connectivity index (χ1n) is 6.10. The second-order valence-electron chi connectivity index (χ2n) is 4.40. The number of halogens is 1. The number of rotatable bonds is 2. The number of hydrogen-bond donors (Lipinski definition) is 1. The summed E-state index contributed by atoms with van der Waals surface area (Å²) in [7, 11) is 1.66.